The summed E-state index contributed by atoms with van der Waals surface area (Å²) in [6.07, 6.45) is 9.00. The van der Waals surface area contributed by atoms with Crippen LogP contribution in [-0.4, -0.2) is 37.3 Å². The highest BCUT2D eigenvalue weighted by atomic mass is 35.5. The SMILES string of the molecule is O=C(NCc1ccc(CN(Cc2cnc[nH]2)C2CCOc3cccnc32)cc1)c1c(Cl)cncc1Cl. The van der Waals surface area contributed by atoms with Gasteiger partial charge in [-0.05, 0) is 23.3 Å². The van der Waals surface area contributed by atoms with Gasteiger partial charge < -0.3 is 15.0 Å². The van der Waals surface area contributed by atoms with Gasteiger partial charge in [0.2, 0.25) is 0 Å². The lowest BCUT2D eigenvalue weighted by molar-refractivity contribution is 0.0951. The van der Waals surface area contributed by atoms with E-state index in [0.717, 1.165) is 34.7 Å². The molecule has 4 aromatic rings. The molecule has 36 heavy (non-hydrogen) atoms. The quantitative estimate of drug-likeness (QED) is 0.339. The van der Waals surface area contributed by atoms with Crippen LogP contribution in [0.2, 0.25) is 10.0 Å². The molecule has 0 aliphatic carbocycles. The van der Waals surface area contributed by atoms with E-state index in [-0.39, 0.29) is 27.6 Å². The lowest BCUT2D eigenvalue weighted by Crippen LogP contribution is -2.32. The average molecular weight is 523 g/mol. The molecular formula is C26H24Cl2N6O2. The number of hydrogen-bond acceptors (Lipinski definition) is 6. The minimum Gasteiger partial charge on any atom is -0.492 e. The number of aromatic nitrogens is 4. The number of pyridine rings is 2. The molecule has 1 atom stereocenters. The van der Waals surface area contributed by atoms with Crippen molar-refractivity contribution in [3.8, 4) is 5.75 Å². The molecule has 0 fully saturated rings. The highest BCUT2D eigenvalue weighted by Gasteiger charge is 2.29. The lowest BCUT2D eigenvalue weighted by atomic mass is 10.0. The monoisotopic (exact) mass is 522 g/mol. The molecule has 4 heterocycles. The Morgan fingerprint density at radius 3 is 2.58 bits per heavy atom. The Balaban J connectivity index is 1.29. The van der Waals surface area contributed by atoms with E-state index in [0.29, 0.717) is 26.2 Å². The Morgan fingerprint density at radius 2 is 1.83 bits per heavy atom. The third-order valence-electron chi connectivity index (χ3n) is 6.08. The van der Waals surface area contributed by atoms with Gasteiger partial charge in [0, 0.05) is 56.5 Å². The number of amides is 1. The first-order valence-corrected chi connectivity index (χ1v) is 12.3. The van der Waals surface area contributed by atoms with Crippen LogP contribution in [0.4, 0.5) is 0 Å². The summed E-state index contributed by atoms with van der Waals surface area (Å²) >= 11 is 12.2. The van der Waals surface area contributed by atoms with Crippen LogP contribution in [0.5, 0.6) is 5.75 Å². The van der Waals surface area contributed by atoms with E-state index in [4.69, 9.17) is 27.9 Å². The van der Waals surface area contributed by atoms with Gasteiger partial charge in [0.1, 0.15) is 5.75 Å². The number of hydrogen-bond donors (Lipinski definition) is 2. The van der Waals surface area contributed by atoms with Gasteiger partial charge in [-0.25, -0.2) is 4.98 Å². The average Bonchev–Trinajstić information content (AvgIpc) is 3.41. The van der Waals surface area contributed by atoms with E-state index < -0.39 is 0 Å². The lowest BCUT2D eigenvalue weighted by Gasteiger charge is -2.34. The number of nitrogens with one attached hydrogen (secondary N) is 2. The largest absolute Gasteiger partial charge is 0.492 e. The molecule has 0 bridgehead atoms. The molecule has 3 aromatic heterocycles. The molecule has 1 unspecified atom stereocenters. The fourth-order valence-electron chi connectivity index (χ4n) is 4.31. The Labute approximate surface area is 218 Å². The standard InChI is InChI=1S/C26H24Cl2N6O2/c27-20-12-29-13-21(28)24(20)26(35)32-10-17-3-5-18(6-4-17)14-34(15-19-11-30-16-33-19)22-7-9-36-23-2-1-8-31-25(22)23/h1-6,8,11-13,16,22H,7,9-10,14-15H2,(H,30,33)(H,32,35). The number of carbonyl (C=O) groups excluding carboxylic acids is 1. The Bertz CT molecular complexity index is 1310. The summed E-state index contributed by atoms with van der Waals surface area (Å²) < 4.78 is 5.83. The summed E-state index contributed by atoms with van der Waals surface area (Å²) in [5.74, 6) is 0.497. The molecule has 184 valence electrons. The van der Waals surface area contributed by atoms with Crippen LogP contribution in [0.15, 0.2) is 67.5 Å². The zero-order valence-corrected chi connectivity index (χ0v) is 20.8. The van der Waals surface area contributed by atoms with Crippen LogP contribution in [0, 0.1) is 0 Å². The first-order chi connectivity index (χ1) is 17.6. The fraction of sp³-hybridized carbons (Fsp3) is 0.231. The highest BCUT2D eigenvalue weighted by Crippen LogP contribution is 2.35. The van der Waals surface area contributed by atoms with Gasteiger partial charge in [0.05, 0.1) is 40.3 Å². The summed E-state index contributed by atoms with van der Waals surface area (Å²) in [7, 11) is 0. The van der Waals surface area contributed by atoms with Crippen LogP contribution in [0.25, 0.3) is 0 Å². The Hall–Kier alpha value is -3.46. The van der Waals surface area contributed by atoms with E-state index in [2.05, 4.69) is 42.3 Å². The highest BCUT2D eigenvalue weighted by molar-refractivity contribution is 6.39. The van der Waals surface area contributed by atoms with Gasteiger partial charge in [-0.15, -0.1) is 0 Å². The smallest absolute Gasteiger partial charge is 0.254 e. The minimum atomic E-state index is -0.340. The molecular weight excluding hydrogens is 499 g/mol. The number of benzene rings is 1. The van der Waals surface area contributed by atoms with E-state index in [1.807, 2.05) is 36.7 Å². The first kappa shape index (κ1) is 24.2. The maximum Gasteiger partial charge on any atom is 0.254 e. The summed E-state index contributed by atoms with van der Waals surface area (Å²) in [5, 5.41) is 3.31. The third-order valence-corrected chi connectivity index (χ3v) is 6.65. The van der Waals surface area contributed by atoms with E-state index in [9.17, 15) is 4.79 Å². The number of halogens is 2. The maximum absolute atomic E-state index is 12.6. The number of H-pyrrole nitrogens is 1. The summed E-state index contributed by atoms with van der Waals surface area (Å²) in [6, 6.07) is 12.2. The topological polar surface area (TPSA) is 96.0 Å². The summed E-state index contributed by atoms with van der Waals surface area (Å²) in [6.45, 7) is 2.41. The van der Waals surface area contributed by atoms with Crippen molar-refractivity contribution in [2.75, 3.05) is 6.61 Å². The van der Waals surface area contributed by atoms with Gasteiger partial charge in [-0.1, -0.05) is 47.5 Å². The zero-order chi connectivity index (χ0) is 24.9. The minimum absolute atomic E-state index is 0.118. The van der Waals surface area contributed by atoms with Crippen molar-refractivity contribution in [1.82, 2.24) is 30.2 Å². The molecule has 0 radical (unpaired) electrons. The van der Waals surface area contributed by atoms with Crippen LogP contribution in [0.3, 0.4) is 0 Å². The molecule has 0 saturated carbocycles. The summed E-state index contributed by atoms with van der Waals surface area (Å²) in [4.78, 5) is 30.8. The molecule has 1 amide bonds. The van der Waals surface area contributed by atoms with Gasteiger partial charge in [0.25, 0.3) is 5.91 Å². The van der Waals surface area contributed by atoms with Crippen LogP contribution >= 0.6 is 23.2 Å². The van der Waals surface area contributed by atoms with Gasteiger partial charge in [0.15, 0.2) is 0 Å². The van der Waals surface area contributed by atoms with Crippen LogP contribution in [0.1, 0.15) is 45.3 Å². The number of carbonyl (C=O) groups is 1. The molecule has 10 heteroatoms. The van der Waals surface area contributed by atoms with E-state index in [1.165, 1.54) is 12.4 Å². The van der Waals surface area contributed by atoms with Crippen LogP contribution in [-0.2, 0) is 19.6 Å². The van der Waals surface area contributed by atoms with Crippen molar-refractivity contribution in [1.29, 1.82) is 0 Å². The molecule has 8 nitrogen and oxygen atoms in total. The van der Waals surface area contributed by atoms with Crippen molar-refractivity contribution in [2.24, 2.45) is 0 Å². The van der Waals surface area contributed by atoms with Gasteiger partial charge in [-0.3, -0.25) is 19.7 Å². The fourth-order valence-corrected chi connectivity index (χ4v) is 4.85. The molecule has 2 N–H and O–H groups in total. The van der Waals surface area contributed by atoms with Crippen LogP contribution < -0.4 is 10.1 Å². The number of fused-ring (bicyclic) bond motifs is 1. The predicted molar refractivity (Wildman–Crippen MR) is 137 cm³/mol. The molecule has 0 spiro atoms. The third kappa shape index (κ3) is 5.51. The normalized spacial score (nSPS) is 14.8. The van der Waals surface area contributed by atoms with Crippen molar-refractivity contribution < 1.29 is 9.53 Å². The zero-order valence-electron chi connectivity index (χ0n) is 19.3. The van der Waals surface area contributed by atoms with Crippen molar-refractivity contribution in [3.05, 3.63) is 106 Å². The van der Waals surface area contributed by atoms with E-state index in [1.54, 1.807) is 6.33 Å². The molecule has 1 aliphatic rings. The van der Waals surface area contributed by atoms with Crippen molar-refractivity contribution in [3.63, 3.8) is 0 Å². The first-order valence-electron chi connectivity index (χ1n) is 11.5. The second-order valence-electron chi connectivity index (χ2n) is 8.50. The van der Waals surface area contributed by atoms with E-state index >= 15 is 0 Å². The summed E-state index contributed by atoms with van der Waals surface area (Å²) in [5.41, 5.74) is 4.33. The second kappa shape index (κ2) is 11.1. The van der Waals surface area contributed by atoms with Crippen molar-refractivity contribution >= 4 is 29.1 Å². The number of nitrogens with zero attached hydrogens (tertiary/aromatic N) is 4. The molecule has 0 saturated heterocycles. The van der Waals surface area contributed by atoms with Gasteiger partial charge >= 0.3 is 0 Å². The Kier molecular flexibility index (Phi) is 7.46. The maximum atomic E-state index is 12.6. The van der Waals surface area contributed by atoms with Gasteiger partial charge in [-0.2, -0.15) is 0 Å². The number of rotatable bonds is 8. The number of imidazole rings is 1. The predicted octanol–water partition coefficient (Wildman–Crippen LogP) is 4.96. The van der Waals surface area contributed by atoms with Crippen molar-refractivity contribution in [2.45, 2.75) is 32.1 Å². The number of aromatic amines is 1. The molecule has 5 rings (SSSR count). The molecule has 1 aliphatic heterocycles. The molecule has 1 aromatic carbocycles. The number of ether oxygens (including phenoxy) is 1. The Morgan fingerprint density at radius 1 is 1.06 bits per heavy atom. The second-order valence-corrected chi connectivity index (χ2v) is 9.31.